The Morgan fingerprint density at radius 1 is 1.04 bits per heavy atom. The van der Waals surface area contributed by atoms with Gasteiger partial charge in [0.2, 0.25) is 0 Å². The second-order valence-corrected chi connectivity index (χ2v) is 6.21. The fourth-order valence-corrected chi connectivity index (χ4v) is 2.78. The molecule has 2 aromatic heterocycles. The van der Waals surface area contributed by atoms with Crippen LogP contribution in [0.2, 0.25) is 0 Å². The van der Waals surface area contributed by atoms with E-state index < -0.39 is 0 Å². The lowest BCUT2D eigenvalue weighted by atomic mass is 10.2. The number of carbonyl (C=O) groups is 1. The first kappa shape index (κ1) is 17.7. The zero-order chi connectivity index (χ0) is 18.8. The highest BCUT2D eigenvalue weighted by molar-refractivity contribution is 5.89. The molecule has 0 fully saturated rings. The fraction of sp³-hybridized carbons (Fsp3) is 0.316. The number of fused-ring (bicyclic) bond motifs is 1. The van der Waals surface area contributed by atoms with E-state index >= 15 is 0 Å². The Kier molecular flexibility index (Phi) is 4.79. The van der Waals surface area contributed by atoms with Crippen molar-refractivity contribution in [1.29, 1.82) is 0 Å². The monoisotopic (exact) mass is 355 g/mol. The molecule has 2 heterocycles. The molecule has 7 nitrogen and oxygen atoms in total. The molecule has 7 heteroatoms. The summed E-state index contributed by atoms with van der Waals surface area (Å²) in [5.41, 5.74) is 1.11. The third kappa shape index (κ3) is 3.08. The van der Waals surface area contributed by atoms with Crippen molar-refractivity contribution in [2.45, 2.75) is 19.8 Å². The largest absolute Gasteiger partial charge is 0.462 e. The fourth-order valence-electron chi connectivity index (χ4n) is 2.78. The van der Waals surface area contributed by atoms with Crippen LogP contribution in [0.25, 0.3) is 16.6 Å². The molecule has 3 rings (SSSR count). The van der Waals surface area contributed by atoms with Crippen molar-refractivity contribution in [3.8, 4) is 5.69 Å². The van der Waals surface area contributed by atoms with Crippen LogP contribution >= 0.6 is 0 Å². The predicted octanol–water partition coefficient (Wildman–Crippen LogP) is 1.98. The van der Waals surface area contributed by atoms with Gasteiger partial charge in [-0.2, -0.15) is 0 Å². The minimum absolute atomic E-state index is 0.335. The second-order valence-electron chi connectivity index (χ2n) is 6.21. The third-order valence-electron chi connectivity index (χ3n) is 4.41. The first-order chi connectivity index (χ1) is 12.4. The van der Waals surface area contributed by atoms with Crippen LogP contribution < -0.4 is 11.2 Å². The zero-order valence-electron chi connectivity index (χ0n) is 15.1. The van der Waals surface area contributed by atoms with E-state index in [0.29, 0.717) is 23.1 Å². The Hall–Kier alpha value is -3.09. The average Bonchev–Trinajstić information content (AvgIpc) is 3.10. The molecule has 0 spiro atoms. The molecular weight excluding hydrogens is 334 g/mol. The number of unbranched alkanes of at least 4 members (excludes halogenated alkanes) is 1. The molecule has 0 aliphatic heterocycles. The topological polar surface area (TPSA) is 75.2 Å². The van der Waals surface area contributed by atoms with Crippen LogP contribution in [-0.4, -0.2) is 26.3 Å². The van der Waals surface area contributed by atoms with E-state index in [2.05, 4.69) is 0 Å². The second kappa shape index (κ2) is 7.03. The molecular formula is C19H21N3O4. The number of hydrogen-bond acceptors (Lipinski definition) is 4. The average molecular weight is 355 g/mol. The van der Waals surface area contributed by atoms with Crippen LogP contribution in [0.3, 0.4) is 0 Å². The molecule has 0 atom stereocenters. The van der Waals surface area contributed by atoms with Gasteiger partial charge in [0.25, 0.3) is 5.56 Å². The summed E-state index contributed by atoms with van der Waals surface area (Å²) in [6.45, 7) is 2.45. The number of ether oxygens (including phenoxy) is 1. The lowest BCUT2D eigenvalue weighted by Crippen LogP contribution is -2.36. The van der Waals surface area contributed by atoms with Gasteiger partial charge in [-0.05, 0) is 30.7 Å². The summed E-state index contributed by atoms with van der Waals surface area (Å²) in [7, 11) is 3.09. The Morgan fingerprint density at radius 3 is 2.38 bits per heavy atom. The lowest BCUT2D eigenvalue weighted by Gasteiger charge is -2.06. The van der Waals surface area contributed by atoms with Gasteiger partial charge >= 0.3 is 11.7 Å². The molecule has 0 aliphatic carbocycles. The van der Waals surface area contributed by atoms with Crippen molar-refractivity contribution < 1.29 is 9.53 Å². The van der Waals surface area contributed by atoms with Crippen LogP contribution in [0.15, 0.2) is 46.2 Å². The first-order valence-corrected chi connectivity index (χ1v) is 8.49. The van der Waals surface area contributed by atoms with E-state index in [4.69, 9.17) is 4.74 Å². The first-order valence-electron chi connectivity index (χ1n) is 8.49. The van der Waals surface area contributed by atoms with E-state index in [1.807, 2.05) is 6.92 Å². The summed E-state index contributed by atoms with van der Waals surface area (Å²) >= 11 is 0. The number of esters is 1. The molecule has 3 aromatic rings. The molecule has 0 aliphatic rings. The summed E-state index contributed by atoms with van der Waals surface area (Å²) in [5, 5.41) is 0.456. The zero-order valence-corrected chi connectivity index (χ0v) is 15.1. The van der Waals surface area contributed by atoms with Gasteiger partial charge in [-0.3, -0.25) is 13.9 Å². The van der Waals surface area contributed by atoms with Crippen LogP contribution in [0.1, 0.15) is 30.1 Å². The Bertz CT molecular complexity index is 1070. The number of benzene rings is 1. The van der Waals surface area contributed by atoms with Gasteiger partial charge in [0.05, 0.1) is 23.1 Å². The maximum absolute atomic E-state index is 12.3. The number of aryl methyl sites for hydroxylation is 1. The van der Waals surface area contributed by atoms with Gasteiger partial charge in [-0.1, -0.05) is 13.3 Å². The van der Waals surface area contributed by atoms with Gasteiger partial charge in [0.1, 0.15) is 0 Å². The maximum Gasteiger partial charge on any atom is 0.338 e. The predicted molar refractivity (Wildman–Crippen MR) is 98.9 cm³/mol. The highest BCUT2D eigenvalue weighted by atomic mass is 16.5. The normalized spacial score (nSPS) is 11.0. The number of nitrogens with zero attached hydrogens (tertiary/aromatic N) is 3. The van der Waals surface area contributed by atoms with Crippen molar-refractivity contribution in [3.63, 3.8) is 0 Å². The summed E-state index contributed by atoms with van der Waals surface area (Å²) in [6.07, 6.45) is 5.22. The van der Waals surface area contributed by atoms with Crippen LogP contribution in [0.5, 0.6) is 0 Å². The molecule has 0 radical (unpaired) electrons. The standard InChI is InChI=1S/C19H21N3O4/c1-4-5-10-26-18(24)13-6-8-14(9-7-13)22-11-15-16(12-22)20(2)19(25)21(3)17(15)23/h6-9,11-12H,4-5,10H2,1-3H3. The summed E-state index contributed by atoms with van der Waals surface area (Å²) in [6, 6.07) is 6.92. The molecule has 0 bridgehead atoms. The molecule has 0 amide bonds. The van der Waals surface area contributed by atoms with Gasteiger partial charge < -0.3 is 9.30 Å². The van der Waals surface area contributed by atoms with E-state index in [1.54, 1.807) is 48.3 Å². The van der Waals surface area contributed by atoms with Crippen LogP contribution in [0, 0.1) is 0 Å². The number of carbonyl (C=O) groups excluding carboxylic acids is 1. The smallest absolute Gasteiger partial charge is 0.338 e. The number of rotatable bonds is 5. The molecule has 0 unspecified atom stereocenters. The molecule has 0 saturated carbocycles. The minimum Gasteiger partial charge on any atom is -0.462 e. The molecule has 0 saturated heterocycles. The van der Waals surface area contributed by atoms with E-state index in [-0.39, 0.29) is 17.2 Å². The third-order valence-corrected chi connectivity index (χ3v) is 4.41. The van der Waals surface area contributed by atoms with Crippen molar-refractivity contribution >= 4 is 16.9 Å². The maximum atomic E-state index is 12.3. The summed E-state index contributed by atoms with van der Waals surface area (Å²) in [5.74, 6) is -0.348. The lowest BCUT2D eigenvalue weighted by molar-refractivity contribution is 0.0500. The van der Waals surface area contributed by atoms with Gasteiger partial charge in [0.15, 0.2) is 0 Å². The number of hydrogen-bond donors (Lipinski definition) is 0. The highest BCUT2D eigenvalue weighted by Crippen LogP contribution is 2.16. The molecule has 26 heavy (non-hydrogen) atoms. The SMILES string of the molecule is CCCCOC(=O)c1ccc(-n2cc3c(=O)n(C)c(=O)n(C)c3c2)cc1. The Balaban J connectivity index is 1.94. The van der Waals surface area contributed by atoms with E-state index in [9.17, 15) is 14.4 Å². The van der Waals surface area contributed by atoms with Crippen LogP contribution in [0.4, 0.5) is 0 Å². The van der Waals surface area contributed by atoms with Crippen molar-refractivity contribution in [2.75, 3.05) is 6.61 Å². The molecule has 1 aromatic carbocycles. The van der Waals surface area contributed by atoms with Gasteiger partial charge in [-0.15, -0.1) is 0 Å². The van der Waals surface area contributed by atoms with E-state index in [0.717, 1.165) is 23.1 Å². The Labute approximate surface area is 150 Å². The molecule has 0 N–H and O–H groups in total. The quantitative estimate of drug-likeness (QED) is 0.518. The van der Waals surface area contributed by atoms with Crippen LogP contribution in [-0.2, 0) is 18.8 Å². The van der Waals surface area contributed by atoms with Crippen molar-refractivity contribution in [1.82, 2.24) is 13.7 Å². The van der Waals surface area contributed by atoms with Crippen molar-refractivity contribution in [3.05, 3.63) is 63.1 Å². The summed E-state index contributed by atoms with van der Waals surface area (Å²) in [4.78, 5) is 36.3. The minimum atomic E-state index is -0.370. The Morgan fingerprint density at radius 2 is 1.73 bits per heavy atom. The van der Waals surface area contributed by atoms with Crippen molar-refractivity contribution in [2.24, 2.45) is 14.1 Å². The number of aromatic nitrogens is 3. The van der Waals surface area contributed by atoms with Gasteiger partial charge in [-0.25, -0.2) is 9.59 Å². The van der Waals surface area contributed by atoms with Gasteiger partial charge in [0, 0.05) is 32.2 Å². The van der Waals surface area contributed by atoms with E-state index in [1.165, 1.54) is 11.6 Å². The summed E-state index contributed by atoms with van der Waals surface area (Å²) < 4.78 is 9.48. The molecule has 136 valence electrons. The highest BCUT2D eigenvalue weighted by Gasteiger charge is 2.12.